The van der Waals surface area contributed by atoms with E-state index in [1.54, 1.807) is 0 Å². The van der Waals surface area contributed by atoms with E-state index >= 15 is 0 Å². The van der Waals surface area contributed by atoms with Gasteiger partial charge in [0.2, 0.25) is 0 Å². The second kappa shape index (κ2) is 4.81. The first-order valence-electron chi connectivity index (χ1n) is 6.37. The molecule has 1 aliphatic heterocycles. The largest absolute Gasteiger partial charge is 0.379 e. The molecule has 1 saturated carbocycles. The maximum Gasteiger partial charge on any atom is 0.0662 e. The lowest BCUT2D eigenvalue weighted by Gasteiger charge is -2.46. The summed E-state index contributed by atoms with van der Waals surface area (Å²) in [5.41, 5.74) is 6.18. The molecule has 0 radical (unpaired) electrons. The van der Waals surface area contributed by atoms with Crippen LogP contribution in [-0.4, -0.2) is 42.8 Å². The van der Waals surface area contributed by atoms with Crippen LogP contribution >= 0.6 is 0 Å². The third kappa shape index (κ3) is 2.35. The monoisotopic (exact) mass is 212 g/mol. The predicted octanol–water partition coefficient (Wildman–Crippen LogP) is 1.37. The van der Waals surface area contributed by atoms with Gasteiger partial charge in [0, 0.05) is 19.2 Å². The first kappa shape index (κ1) is 11.4. The first-order chi connectivity index (χ1) is 7.32. The van der Waals surface area contributed by atoms with Crippen LogP contribution in [0.1, 0.15) is 39.0 Å². The molecule has 2 fully saturated rings. The second-order valence-corrected chi connectivity index (χ2v) is 5.01. The molecular formula is C12H24N2O. The Kier molecular flexibility index (Phi) is 3.65. The lowest BCUT2D eigenvalue weighted by molar-refractivity contribution is -0.0490. The molecule has 1 aliphatic carbocycles. The molecular weight excluding hydrogens is 188 g/mol. The molecule has 3 heteroatoms. The average molecular weight is 212 g/mol. The van der Waals surface area contributed by atoms with Crippen LogP contribution in [0.25, 0.3) is 0 Å². The van der Waals surface area contributed by atoms with Crippen LogP contribution in [0, 0.1) is 0 Å². The fourth-order valence-corrected chi connectivity index (χ4v) is 2.78. The van der Waals surface area contributed by atoms with Gasteiger partial charge >= 0.3 is 0 Å². The summed E-state index contributed by atoms with van der Waals surface area (Å²) in [6.07, 6.45) is 6.34. The number of hydrogen-bond acceptors (Lipinski definition) is 3. The highest BCUT2D eigenvalue weighted by Gasteiger charge is 2.44. The highest BCUT2D eigenvalue weighted by Crippen LogP contribution is 2.36. The van der Waals surface area contributed by atoms with E-state index in [1.807, 2.05) is 0 Å². The zero-order valence-electron chi connectivity index (χ0n) is 9.87. The van der Waals surface area contributed by atoms with Crippen molar-refractivity contribution in [1.82, 2.24) is 4.90 Å². The zero-order valence-corrected chi connectivity index (χ0v) is 9.87. The van der Waals surface area contributed by atoms with Crippen LogP contribution in [0.3, 0.4) is 0 Å². The summed E-state index contributed by atoms with van der Waals surface area (Å²) in [4.78, 5) is 2.64. The van der Waals surface area contributed by atoms with Crippen molar-refractivity contribution in [2.45, 2.75) is 50.6 Å². The Labute approximate surface area is 93.0 Å². The Morgan fingerprint density at radius 1 is 1.47 bits per heavy atom. The lowest BCUT2D eigenvalue weighted by Crippen LogP contribution is -2.59. The van der Waals surface area contributed by atoms with Gasteiger partial charge in [-0.3, -0.25) is 4.90 Å². The van der Waals surface area contributed by atoms with Gasteiger partial charge in [-0.2, -0.15) is 0 Å². The quantitative estimate of drug-likeness (QED) is 0.748. The Morgan fingerprint density at radius 2 is 2.27 bits per heavy atom. The number of hydrogen-bond donors (Lipinski definition) is 1. The normalized spacial score (nSPS) is 32.2. The molecule has 3 nitrogen and oxygen atoms in total. The van der Waals surface area contributed by atoms with Crippen LogP contribution in [0.2, 0.25) is 0 Å². The van der Waals surface area contributed by atoms with Gasteiger partial charge < -0.3 is 10.5 Å². The van der Waals surface area contributed by atoms with Gasteiger partial charge in [0.1, 0.15) is 0 Å². The summed E-state index contributed by atoms with van der Waals surface area (Å²) < 4.78 is 5.66. The molecule has 1 heterocycles. The molecule has 0 aromatic rings. The molecule has 0 aromatic heterocycles. The third-order valence-electron chi connectivity index (χ3n) is 3.74. The summed E-state index contributed by atoms with van der Waals surface area (Å²) in [5, 5.41) is 0. The van der Waals surface area contributed by atoms with Crippen LogP contribution < -0.4 is 5.73 Å². The maximum atomic E-state index is 6.01. The third-order valence-corrected chi connectivity index (χ3v) is 3.74. The molecule has 0 aromatic carbocycles. The van der Waals surface area contributed by atoms with Crippen molar-refractivity contribution in [3.05, 3.63) is 0 Å². The van der Waals surface area contributed by atoms with Gasteiger partial charge in [-0.05, 0) is 38.6 Å². The van der Waals surface area contributed by atoms with E-state index in [1.165, 1.54) is 38.6 Å². The smallest absolute Gasteiger partial charge is 0.0662 e. The number of nitrogens with two attached hydrogens (primary N) is 1. The number of ether oxygens (including phenoxy) is 1. The van der Waals surface area contributed by atoms with Gasteiger partial charge in [0.05, 0.1) is 12.1 Å². The van der Waals surface area contributed by atoms with Crippen molar-refractivity contribution < 1.29 is 4.74 Å². The van der Waals surface area contributed by atoms with Crippen LogP contribution in [0.15, 0.2) is 0 Å². The molecule has 2 rings (SSSR count). The molecule has 1 unspecified atom stereocenters. The van der Waals surface area contributed by atoms with E-state index in [0.717, 1.165) is 25.8 Å². The average Bonchev–Trinajstić information content (AvgIpc) is 3.11. The van der Waals surface area contributed by atoms with E-state index in [9.17, 15) is 0 Å². The molecule has 2 aliphatic rings. The molecule has 2 N–H and O–H groups in total. The topological polar surface area (TPSA) is 38.5 Å². The van der Waals surface area contributed by atoms with E-state index in [2.05, 4.69) is 11.8 Å². The fourth-order valence-electron chi connectivity index (χ4n) is 2.78. The Hall–Kier alpha value is -0.120. The van der Waals surface area contributed by atoms with Gasteiger partial charge in [-0.15, -0.1) is 0 Å². The van der Waals surface area contributed by atoms with E-state index in [0.29, 0.717) is 0 Å². The van der Waals surface area contributed by atoms with Crippen molar-refractivity contribution >= 4 is 0 Å². The standard InChI is InChI=1S/C12H24N2O/c1-2-7-14(11-4-5-11)12(9-13)6-3-8-15-10-12/h11H,2-10,13H2,1H3. The van der Waals surface area contributed by atoms with E-state index in [4.69, 9.17) is 10.5 Å². The summed E-state index contributed by atoms with van der Waals surface area (Å²) >= 11 is 0. The van der Waals surface area contributed by atoms with Crippen molar-refractivity contribution in [1.29, 1.82) is 0 Å². The highest BCUT2D eigenvalue weighted by molar-refractivity contribution is 5.00. The minimum atomic E-state index is 0.162. The SMILES string of the molecule is CCCN(C1CC1)C1(CN)CCCOC1. The van der Waals surface area contributed by atoms with Gasteiger partial charge in [0.25, 0.3) is 0 Å². The summed E-state index contributed by atoms with van der Waals surface area (Å²) in [6, 6.07) is 0.801. The van der Waals surface area contributed by atoms with Gasteiger partial charge in [-0.25, -0.2) is 0 Å². The molecule has 0 bridgehead atoms. The summed E-state index contributed by atoms with van der Waals surface area (Å²) in [5.74, 6) is 0. The Balaban J connectivity index is 2.05. The minimum Gasteiger partial charge on any atom is -0.379 e. The molecule has 15 heavy (non-hydrogen) atoms. The molecule has 0 amide bonds. The van der Waals surface area contributed by atoms with Crippen molar-refractivity contribution in [3.8, 4) is 0 Å². The van der Waals surface area contributed by atoms with Crippen molar-refractivity contribution in [2.24, 2.45) is 5.73 Å². The van der Waals surface area contributed by atoms with Crippen LogP contribution in [0.5, 0.6) is 0 Å². The summed E-state index contributed by atoms with van der Waals surface area (Å²) in [6.45, 7) is 5.96. The lowest BCUT2D eigenvalue weighted by atomic mass is 9.90. The number of nitrogens with zero attached hydrogens (tertiary/aromatic N) is 1. The van der Waals surface area contributed by atoms with Crippen molar-refractivity contribution in [2.75, 3.05) is 26.3 Å². The molecule has 88 valence electrons. The highest BCUT2D eigenvalue weighted by atomic mass is 16.5. The van der Waals surface area contributed by atoms with Gasteiger partial charge in [0.15, 0.2) is 0 Å². The summed E-state index contributed by atoms with van der Waals surface area (Å²) in [7, 11) is 0. The van der Waals surface area contributed by atoms with E-state index < -0.39 is 0 Å². The molecule has 1 atom stereocenters. The maximum absolute atomic E-state index is 6.01. The van der Waals surface area contributed by atoms with Crippen molar-refractivity contribution in [3.63, 3.8) is 0 Å². The number of rotatable bonds is 5. The Morgan fingerprint density at radius 3 is 2.73 bits per heavy atom. The molecule has 0 spiro atoms. The van der Waals surface area contributed by atoms with Gasteiger partial charge in [-0.1, -0.05) is 6.92 Å². The first-order valence-corrected chi connectivity index (χ1v) is 6.37. The predicted molar refractivity (Wildman–Crippen MR) is 61.9 cm³/mol. The minimum absolute atomic E-state index is 0.162. The Bertz CT molecular complexity index is 198. The zero-order chi connectivity index (χ0) is 10.7. The second-order valence-electron chi connectivity index (χ2n) is 5.01. The molecule has 1 saturated heterocycles. The van der Waals surface area contributed by atoms with E-state index in [-0.39, 0.29) is 5.54 Å². The van der Waals surface area contributed by atoms with Crippen LogP contribution in [-0.2, 0) is 4.74 Å². The van der Waals surface area contributed by atoms with Crippen LogP contribution in [0.4, 0.5) is 0 Å². The fraction of sp³-hybridized carbons (Fsp3) is 1.00.